The van der Waals surface area contributed by atoms with E-state index < -0.39 is 5.97 Å². The second-order valence-electron chi connectivity index (χ2n) is 4.26. The van der Waals surface area contributed by atoms with Crippen LogP contribution in [-0.2, 0) is 4.79 Å². The maximum atomic E-state index is 10.9. The maximum Gasteiger partial charge on any atom is 0.307 e. The van der Waals surface area contributed by atoms with Gasteiger partial charge in [-0.3, -0.25) is 14.7 Å². The summed E-state index contributed by atoms with van der Waals surface area (Å²) in [5.41, 5.74) is 0.979. The standard InChI is InChI=1S/C13H20N2O2/c1-4-15(9-10(2)13(16)17)11(3)12-7-5-6-8-14-12/h5-8,10-11H,4,9H2,1-3H3,(H,16,17). The van der Waals surface area contributed by atoms with Crippen LogP contribution in [0.4, 0.5) is 0 Å². The van der Waals surface area contributed by atoms with Gasteiger partial charge in [0.05, 0.1) is 11.6 Å². The molecule has 1 aromatic heterocycles. The van der Waals surface area contributed by atoms with Crippen LogP contribution in [0.1, 0.15) is 32.5 Å². The number of carboxylic acids is 1. The highest BCUT2D eigenvalue weighted by Gasteiger charge is 2.20. The Bertz CT molecular complexity index is 354. The molecule has 2 atom stereocenters. The molecule has 4 heteroatoms. The first-order valence-corrected chi connectivity index (χ1v) is 5.94. The third-order valence-electron chi connectivity index (χ3n) is 3.00. The van der Waals surface area contributed by atoms with E-state index in [-0.39, 0.29) is 12.0 Å². The highest BCUT2D eigenvalue weighted by atomic mass is 16.4. The van der Waals surface area contributed by atoms with Gasteiger partial charge in [-0.1, -0.05) is 19.9 Å². The van der Waals surface area contributed by atoms with Crippen molar-refractivity contribution in [3.05, 3.63) is 30.1 Å². The number of aromatic nitrogens is 1. The number of aliphatic carboxylic acids is 1. The van der Waals surface area contributed by atoms with E-state index in [0.29, 0.717) is 6.54 Å². The van der Waals surface area contributed by atoms with Gasteiger partial charge in [0.2, 0.25) is 0 Å². The molecule has 0 radical (unpaired) electrons. The van der Waals surface area contributed by atoms with E-state index in [1.54, 1.807) is 13.1 Å². The first-order chi connectivity index (χ1) is 8.06. The van der Waals surface area contributed by atoms with Crippen LogP contribution >= 0.6 is 0 Å². The first kappa shape index (κ1) is 13.6. The van der Waals surface area contributed by atoms with Crippen molar-refractivity contribution in [3.8, 4) is 0 Å². The number of hydrogen-bond acceptors (Lipinski definition) is 3. The average molecular weight is 236 g/mol. The summed E-state index contributed by atoms with van der Waals surface area (Å²) in [6.45, 7) is 7.18. The SMILES string of the molecule is CCN(CC(C)C(=O)O)C(C)c1ccccn1. The van der Waals surface area contributed by atoms with Crippen molar-refractivity contribution in [2.24, 2.45) is 5.92 Å². The number of rotatable bonds is 6. The molecule has 4 nitrogen and oxygen atoms in total. The summed E-state index contributed by atoms with van der Waals surface area (Å²) >= 11 is 0. The quantitative estimate of drug-likeness (QED) is 0.822. The summed E-state index contributed by atoms with van der Waals surface area (Å²) in [4.78, 5) is 17.3. The van der Waals surface area contributed by atoms with Gasteiger partial charge in [-0.05, 0) is 25.6 Å². The zero-order chi connectivity index (χ0) is 12.8. The molecular weight excluding hydrogens is 216 g/mol. The average Bonchev–Trinajstić information content (AvgIpc) is 2.35. The largest absolute Gasteiger partial charge is 0.481 e. The third-order valence-corrected chi connectivity index (χ3v) is 3.00. The second kappa shape index (κ2) is 6.35. The Hall–Kier alpha value is -1.42. The Morgan fingerprint density at radius 1 is 1.47 bits per heavy atom. The molecule has 17 heavy (non-hydrogen) atoms. The summed E-state index contributed by atoms with van der Waals surface area (Å²) in [6.07, 6.45) is 1.76. The highest BCUT2D eigenvalue weighted by molar-refractivity contribution is 5.69. The number of hydrogen-bond donors (Lipinski definition) is 1. The molecule has 94 valence electrons. The molecule has 2 unspecified atom stereocenters. The van der Waals surface area contributed by atoms with E-state index in [4.69, 9.17) is 5.11 Å². The number of carbonyl (C=O) groups is 1. The third kappa shape index (κ3) is 3.82. The summed E-state index contributed by atoms with van der Waals surface area (Å²) in [5.74, 6) is -1.11. The molecule has 0 saturated heterocycles. The van der Waals surface area contributed by atoms with Crippen LogP contribution in [0.2, 0.25) is 0 Å². The zero-order valence-electron chi connectivity index (χ0n) is 10.6. The molecule has 0 aromatic carbocycles. The number of nitrogens with zero attached hydrogens (tertiary/aromatic N) is 2. The second-order valence-corrected chi connectivity index (χ2v) is 4.26. The smallest absolute Gasteiger partial charge is 0.307 e. The predicted octanol–water partition coefficient (Wildman–Crippen LogP) is 2.19. The van der Waals surface area contributed by atoms with E-state index in [2.05, 4.69) is 16.8 Å². The van der Waals surface area contributed by atoms with Gasteiger partial charge in [-0.15, -0.1) is 0 Å². The molecule has 0 aliphatic carbocycles. The lowest BCUT2D eigenvalue weighted by molar-refractivity contribution is -0.141. The Morgan fingerprint density at radius 2 is 2.18 bits per heavy atom. The Balaban J connectivity index is 2.71. The monoisotopic (exact) mass is 236 g/mol. The van der Waals surface area contributed by atoms with Gasteiger partial charge >= 0.3 is 5.97 Å². The first-order valence-electron chi connectivity index (χ1n) is 5.94. The molecule has 0 spiro atoms. The summed E-state index contributed by atoms with van der Waals surface area (Å²) in [6, 6.07) is 5.95. The van der Waals surface area contributed by atoms with Crippen LogP contribution in [0.3, 0.4) is 0 Å². The number of carboxylic acid groups (broad SMARTS) is 1. The topological polar surface area (TPSA) is 53.4 Å². The fourth-order valence-electron chi connectivity index (χ4n) is 1.80. The van der Waals surface area contributed by atoms with Crippen LogP contribution in [0.25, 0.3) is 0 Å². The maximum absolute atomic E-state index is 10.9. The minimum absolute atomic E-state index is 0.142. The minimum Gasteiger partial charge on any atom is -0.481 e. The normalized spacial score (nSPS) is 14.6. The van der Waals surface area contributed by atoms with E-state index in [9.17, 15) is 4.79 Å². The molecule has 0 aliphatic heterocycles. The lowest BCUT2D eigenvalue weighted by Crippen LogP contribution is -2.34. The molecule has 1 N–H and O–H groups in total. The van der Waals surface area contributed by atoms with Crippen molar-refractivity contribution in [2.75, 3.05) is 13.1 Å². The van der Waals surface area contributed by atoms with Crippen molar-refractivity contribution < 1.29 is 9.90 Å². The highest BCUT2D eigenvalue weighted by Crippen LogP contribution is 2.18. The van der Waals surface area contributed by atoms with Gasteiger partial charge in [0.25, 0.3) is 0 Å². The van der Waals surface area contributed by atoms with Crippen molar-refractivity contribution in [1.29, 1.82) is 0 Å². The Labute approximate surface area is 102 Å². The lowest BCUT2D eigenvalue weighted by atomic mass is 10.1. The van der Waals surface area contributed by atoms with Crippen LogP contribution in [-0.4, -0.2) is 34.0 Å². The molecule has 1 heterocycles. The predicted molar refractivity (Wildman–Crippen MR) is 66.7 cm³/mol. The van der Waals surface area contributed by atoms with E-state index in [1.165, 1.54) is 0 Å². The Kier molecular flexibility index (Phi) is 5.10. The molecule has 0 fully saturated rings. The van der Waals surface area contributed by atoms with Crippen molar-refractivity contribution >= 4 is 5.97 Å². The van der Waals surface area contributed by atoms with Gasteiger partial charge in [0.1, 0.15) is 0 Å². The molecular formula is C13H20N2O2. The summed E-state index contributed by atoms with van der Waals surface area (Å²) < 4.78 is 0. The Morgan fingerprint density at radius 3 is 2.65 bits per heavy atom. The van der Waals surface area contributed by atoms with Crippen LogP contribution in [0.15, 0.2) is 24.4 Å². The fraction of sp³-hybridized carbons (Fsp3) is 0.538. The fourth-order valence-corrected chi connectivity index (χ4v) is 1.80. The van der Waals surface area contributed by atoms with E-state index in [1.807, 2.05) is 25.1 Å². The minimum atomic E-state index is -0.753. The van der Waals surface area contributed by atoms with Gasteiger partial charge < -0.3 is 5.11 Å². The number of pyridine rings is 1. The van der Waals surface area contributed by atoms with Crippen LogP contribution in [0.5, 0.6) is 0 Å². The van der Waals surface area contributed by atoms with Crippen LogP contribution < -0.4 is 0 Å². The zero-order valence-corrected chi connectivity index (χ0v) is 10.6. The van der Waals surface area contributed by atoms with Crippen LogP contribution in [0, 0.1) is 5.92 Å². The summed E-state index contributed by atoms with van der Waals surface area (Å²) in [7, 11) is 0. The molecule has 0 amide bonds. The molecule has 1 aromatic rings. The van der Waals surface area contributed by atoms with E-state index >= 15 is 0 Å². The summed E-state index contributed by atoms with van der Waals surface area (Å²) in [5, 5.41) is 8.94. The lowest BCUT2D eigenvalue weighted by Gasteiger charge is -2.28. The van der Waals surface area contributed by atoms with E-state index in [0.717, 1.165) is 12.2 Å². The molecule has 0 saturated carbocycles. The molecule has 1 rings (SSSR count). The molecule has 0 bridgehead atoms. The van der Waals surface area contributed by atoms with Crippen molar-refractivity contribution in [2.45, 2.75) is 26.8 Å². The van der Waals surface area contributed by atoms with Gasteiger partial charge in [0, 0.05) is 18.8 Å². The van der Waals surface area contributed by atoms with Gasteiger partial charge in [-0.2, -0.15) is 0 Å². The van der Waals surface area contributed by atoms with Gasteiger partial charge in [0.15, 0.2) is 0 Å². The van der Waals surface area contributed by atoms with Gasteiger partial charge in [-0.25, -0.2) is 0 Å². The van der Waals surface area contributed by atoms with Crippen molar-refractivity contribution in [1.82, 2.24) is 9.88 Å². The molecule has 0 aliphatic rings. The van der Waals surface area contributed by atoms with Crippen molar-refractivity contribution in [3.63, 3.8) is 0 Å².